The van der Waals surface area contributed by atoms with Gasteiger partial charge in [-0.1, -0.05) is 30.3 Å². The molecule has 29 heavy (non-hydrogen) atoms. The molecule has 2 amide bonds. The molecule has 0 atom stereocenters. The summed E-state index contributed by atoms with van der Waals surface area (Å²) in [5.41, 5.74) is 2.40. The molecule has 0 aliphatic carbocycles. The lowest BCUT2D eigenvalue weighted by atomic mass is 10.1. The van der Waals surface area contributed by atoms with E-state index in [2.05, 4.69) is 5.32 Å². The lowest BCUT2D eigenvalue weighted by Crippen LogP contribution is -2.35. The molecule has 1 aromatic carbocycles. The van der Waals surface area contributed by atoms with Crippen LogP contribution in [0.1, 0.15) is 34.2 Å². The first kappa shape index (κ1) is 21.9. The Hall–Kier alpha value is -3.42. The number of hydrogen-bond acceptors (Lipinski definition) is 6. The van der Waals surface area contributed by atoms with Crippen LogP contribution in [-0.4, -0.2) is 41.5 Å². The quantitative estimate of drug-likeness (QED) is 0.677. The standard InChI is InChI=1S/C21H24N2O6/c1-4-28-21(27)17-10-14(2)23(15(17)3)12-20(26)29-13-19(25)22-18(24)11-16-8-6-5-7-9-16/h5-10H,4,11-13H2,1-3H3,(H,22,24,25). The summed E-state index contributed by atoms with van der Waals surface area (Å²) in [6.07, 6.45) is 0.0545. The minimum atomic E-state index is -0.701. The van der Waals surface area contributed by atoms with E-state index < -0.39 is 30.4 Å². The fourth-order valence-electron chi connectivity index (χ4n) is 2.80. The highest BCUT2D eigenvalue weighted by atomic mass is 16.5. The van der Waals surface area contributed by atoms with E-state index in [1.807, 2.05) is 6.07 Å². The Labute approximate surface area is 168 Å². The zero-order chi connectivity index (χ0) is 21.4. The van der Waals surface area contributed by atoms with Gasteiger partial charge in [-0.15, -0.1) is 0 Å². The zero-order valence-corrected chi connectivity index (χ0v) is 16.7. The summed E-state index contributed by atoms with van der Waals surface area (Å²) in [5.74, 6) is -2.30. The number of rotatable bonds is 8. The van der Waals surface area contributed by atoms with Gasteiger partial charge in [0.2, 0.25) is 5.91 Å². The number of carbonyl (C=O) groups excluding carboxylic acids is 4. The second kappa shape index (κ2) is 10.2. The molecule has 0 aliphatic rings. The molecule has 0 fully saturated rings. The van der Waals surface area contributed by atoms with Gasteiger partial charge in [0.1, 0.15) is 6.54 Å². The second-order valence-electron chi connectivity index (χ2n) is 6.39. The third-order valence-electron chi connectivity index (χ3n) is 4.21. The summed E-state index contributed by atoms with van der Waals surface area (Å²) < 4.78 is 11.5. The van der Waals surface area contributed by atoms with E-state index in [1.165, 1.54) is 0 Å². The van der Waals surface area contributed by atoms with Crippen LogP contribution in [0, 0.1) is 13.8 Å². The Morgan fingerprint density at radius 2 is 1.69 bits per heavy atom. The number of amides is 2. The van der Waals surface area contributed by atoms with E-state index in [1.54, 1.807) is 55.7 Å². The van der Waals surface area contributed by atoms with Crippen LogP contribution in [-0.2, 0) is 36.8 Å². The number of benzene rings is 1. The van der Waals surface area contributed by atoms with Gasteiger partial charge in [0.15, 0.2) is 6.61 Å². The lowest BCUT2D eigenvalue weighted by molar-refractivity contribution is -0.150. The van der Waals surface area contributed by atoms with Gasteiger partial charge >= 0.3 is 11.9 Å². The van der Waals surface area contributed by atoms with Crippen molar-refractivity contribution >= 4 is 23.8 Å². The van der Waals surface area contributed by atoms with Crippen molar-refractivity contribution in [3.05, 3.63) is 58.9 Å². The fourth-order valence-corrected chi connectivity index (χ4v) is 2.80. The third-order valence-corrected chi connectivity index (χ3v) is 4.21. The van der Waals surface area contributed by atoms with Crippen molar-refractivity contribution in [1.82, 2.24) is 9.88 Å². The van der Waals surface area contributed by atoms with Crippen LogP contribution >= 0.6 is 0 Å². The Morgan fingerprint density at radius 3 is 2.34 bits per heavy atom. The zero-order valence-electron chi connectivity index (χ0n) is 16.7. The average molecular weight is 400 g/mol. The molecule has 8 nitrogen and oxygen atoms in total. The molecule has 0 saturated carbocycles. The Morgan fingerprint density at radius 1 is 1.00 bits per heavy atom. The maximum atomic E-state index is 12.1. The van der Waals surface area contributed by atoms with Crippen LogP contribution in [0.3, 0.4) is 0 Å². The molecule has 0 saturated heterocycles. The largest absolute Gasteiger partial charge is 0.462 e. The van der Waals surface area contributed by atoms with Crippen molar-refractivity contribution in [3.63, 3.8) is 0 Å². The summed E-state index contributed by atoms with van der Waals surface area (Å²) in [4.78, 5) is 47.7. The van der Waals surface area contributed by atoms with Crippen LogP contribution in [0.5, 0.6) is 0 Å². The van der Waals surface area contributed by atoms with Gasteiger partial charge in [-0.3, -0.25) is 19.7 Å². The van der Waals surface area contributed by atoms with E-state index in [-0.39, 0.29) is 19.6 Å². The van der Waals surface area contributed by atoms with Crippen LogP contribution in [0.15, 0.2) is 36.4 Å². The van der Waals surface area contributed by atoms with Crippen molar-refractivity contribution in [3.8, 4) is 0 Å². The topological polar surface area (TPSA) is 104 Å². The minimum Gasteiger partial charge on any atom is -0.462 e. The first-order chi connectivity index (χ1) is 13.8. The Balaban J connectivity index is 1.84. The predicted molar refractivity (Wildman–Crippen MR) is 104 cm³/mol. The highest BCUT2D eigenvalue weighted by Crippen LogP contribution is 2.16. The predicted octanol–water partition coefficient (Wildman–Crippen LogP) is 1.71. The monoisotopic (exact) mass is 400 g/mol. The minimum absolute atomic E-state index is 0.0545. The van der Waals surface area contributed by atoms with Crippen molar-refractivity contribution in [2.45, 2.75) is 33.7 Å². The summed E-state index contributed by atoms with van der Waals surface area (Å²) in [6, 6.07) is 10.6. The summed E-state index contributed by atoms with van der Waals surface area (Å²) in [6.45, 7) is 4.68. The summed E-state index contributed by atoms with van der Waals surface area (Å²) in [5, 5.41) is 2.18. The normalized spacial score (nSPS) is 10.3. The van der Waals surface area contributed by atoms with Gasteiger partial charge in [0.05, 0.1) is 18.6 Å². The van der Waals surface area contributed by atoms with Gasteiger partial charge < -0.3 is 14.0 Å². The molecule has 154 valence electrons. The van der Waals surface area contributed by atoms with E-state index >= 15 is 0 Å². The van der Waals surface area contributed by atoms with Crippen LogP contribution in [0.2, 0.25) is 0 Å². The first-order valence-electron chi connectivity index (χ1n) is 9.17. The van der Waals surface area contributed by atoms with Crippen molar-refractivity contribution in [2.75, 3.05) is 13.2 Å². The molecule has 1 aromatic heterocycles. The van der Waals surface area contributed by atoms with E-state index in [9.17, 15) is 19.2 Å². The van der Waals surface area contributed by atoms with Gasteiger partial charge in [-0.2, -0.15) is 0 Å². The Kier molecular flexibility index (Phi) is 7.70. The number of ether oxygens (including phenoxy) is 2. The van der Waals surface area contributed by atoms with Gasteiger partial charge in [-0.25, -0.2) is 4.79 Å². The smallest absolute Gasteiger partial charge is 0.339 e. The second-order valence-corrected chi connectivity index (χ2v) is 6.39. The van der Waals surface area contributed by atoms with Crippen LogP contribution in [0.25, 0.3) is 0 Å². The fraction of sp³-hybridized carbons (Fsp3) is 0.333. The highest BCUT2D eigenvalue weighted by molar-refractivity contribution is 5.97. The van der Waals surface area contributed by atoms with E-state index in [0.29, 0.717) is 17.0 Å². The molecule has 0 aliphatic heterocycles. The molecular weight excluding hydrogens is 376 g/mol. The van der Waals surface area contributed by atoms with Crippen molar-refractivity contribution in [2.24, 2.45) is 0 Å². The lowest BCUT2D eigenvalue weighted by Gasteiger charge is -2.10. The number of carbonyl (C=O) groups is 4. The number of aromatic nitrogens is 1. The molecule has 1 heterocycles. The number of esters is 2. The molecule has 8 heteroatoms. The molecular formula is C21H24N2O6. The maximum absolute atomic E-state index is 12.1. The van der Waals surface area contributed by atoms with E-state index in [4.69, 9.17) is 9.47 Å². The molecule has 0 radical (unpaired) electrons. The SMILES string of the molecule is CCOC(=O)c1cc(C)n(CC(=O)OCC(=O)NC(=O)Cc2ccccc2)c1C. The van der Waals surface area contributed by atoms with Crippen LogP contribution < -0.4 is 5.32 Å². The van der Waals surface area contributed by atoms with Crippen molar-refractivity contribution < 1.29 is 28.7 Å². The maximum Gasteiger partial charge on any atom is 0.339 e. The van der Waals surface area contributed by atoms with Gasteiger partial charge in [0.25, 0.3) is 5.91 Å². The highest BCUT2D eigenvalue weighted by Gasteiger charge is 2.19. The van der Waals surface area contributed by atoms with E-state index in [0.717, 1.165) is 5.56 Å². The molecule has 2 aromatic rings. The Bertz CT molecular complexity index is 901. The molecule has 2 rings (SSSR count). The van der Waals surface area contributed by atoms with Gasteiger partial charge in [0, 0.05) is 11.4 Å². The molecule has 0 spiro atoms. The number of nitrogens with one attached hydrogen (secondary N) is 1. The summed E-state index contributed by atoms with van der Waals surface area (Å²) in [7, 11) is 0. The molecule has 0 bridgehead atoms. The third kappa shape index (κ3) is 6.31. The number of nitrogens with zero attached hydrogens (tertiary/aromatic N) is 1. The van der Waals surface area contributed by atoms with Gasteiger partial charge in [-0.05, 0) is 32.4 Å². The first-order valence-corrected chi connectivity index (χ1v) is 9.17. The molecule has 1 N–H and O–H groups in total. The number of imide groups is 1. The average Bonchev–Trinajstić information content (AvgIpc) is 2.95. The van der Waals surface area contributed by atoms with Crippen molar-refractivity contribution in [1.29, 1.82) is 0 Å². The summed E-state index contributed by atoms with van der Waals surface area (Å²) >= 11 is 0. The number of hydrogen-bond donors (Lipinski definition) is 1. The van der Waals surface area contributed by atoms with Crippen LogP contribution in [0.4, 0.5) is 0 Å². The number of aryl methyl sites for hydroxylation is 1. The molecule has 0 unspecified atom stereocenters.